The first-order valence-electron chi connectivity index (χ1n) is 6.37. The number of rotatable bonds is 3. The number of hydrogen-bond acceptors (Lipinski definition) is 3. The molecule has 2 atom stereocenters. The lowest BCUT2D eigenvalue weighted by atomic mass is 9.84. The Morgan fingerprint density at radius 2 is 2.22 bits per heavy atom. The van der Waals surface area contributed by atoms with Crippen LogP contribution in [0.3, 0.4) is 0 Å². The van der Waals surface area contributed by atoms with E-state index in [0.717, 1.165) is 12.8 Å². The van der Waals surface area contributed by atoms with E-state index in [4.69, 9.17) is 5.73 Å². The number of pyridine rings is 1. The molecule has 1 aromatic rings. The van der Waals surface area contributed by atoms with E-state index in [1.54, 1.807) is 6.20 Å². The summed E-state index contributed by atoms with van der Waals surface area (Å²) in [6.45, 7) is 0.660. The van der Waals surface area contributed by atoms with Crippen molar-refractivity contribution in [2.75, 3.05) is 18.5 Å². The van der Waals surface area contributed by atoms with Gasteiger partial charge in [-0.25, -0.2) is 9.37 Å². The average Bonchev–Trinajstić information content (AvgIpc) is 2.38. The number of hydrogen-bond donors (Lipinski definition) is 1. The molecule has 1 aromatic heterocycles. The van der Waals surface area contributed by atoms with Crippen molar-refractivity contribution in [3.05, 3.63) is 22.6 Å². The molecule has 2 rings (SSSR count). The van der Waals surface area contributed by atoms with Gasteiger partial charge in [0, 0.05) is 23.8 Å². The highest BCUT2D eigenvalue weighted by Crippen LogP contribution is 2.30. The van der Waals surface area contributed by atoms with Crippen molar-refractivity contribution in [3.63, 3.8) is 0 Å². The van der Waals surface area contributed by atoms with Crippen molar-refractivity contribution in [3.8, 4) is 0 Å². The van der Waals surface area contributed by atoms with E-state index in [0.29, 0.717) is 28.8 Å². The molecule has 3 nitrogen and oxygen atoms in total. The molecule has 1 heterocycles. The second-order valence-corrected chi connectivity index (χ2v) is 5.83. The van der Waals surface area contributed by atoms with Crippen LogP contribution in [0.5, 0.6) is 0 Å². The van der Waals surface area contributed by atoms with Gasteiger partial charge in [0.15, 0.2) is 11.6 Å². The van der Waals surface area contributed by atoms with Gasteiger partial charge in [-0.3, -0.25) is 0 Å². The highest BCUT2D eigenvalue weighted by Gasteiger charge is 2.29. The van der Waals surface area contributed by atoms with Crippen LogP contribution in [0, 0.1) is 11.7 Å². The van der Waals surface area contributed by atoms with Gasteiger partial charge in [-0.15, -0.1) is 0 Å². The molecule has 2 unspecified atom stereocenters. The molecule has 1 aliphatic carbocycles. The summed E-state index contributed by atoms with van der Waals surface area (Å²) in [6, 6.07) is 1.76. The van der Waals surface area contributed by atoms with Gasteiger partial charge in [-0.2, -0.15) is 0 Å². The molecule has 100 valence electrons. The van der Waals surface area contributed by atoms with Crippen LogP contribution in [0.25, 0.3) is 0 Å². The van der Waals surface area contributed by atoms with Crippen molar-refractivity contribution in [1.82, 2.24) is 4.98 Å². The van der Waals surface area contributed by atoms with E-state index in [1.165, 1.54) is 18.9 Å². The second kappa shape index (κ2) is 5.97. The monoisotopic (exact) mass is 315 g/mol. The minimum atomic E-state index is -0.284. The molecule has 0 radical (unpaired) electrons. The minimum Gasteiger partial charge on any atom is -0.354 e. The summed E-state index contributed by atoms with van der Waals surface area (Å²) in [4.78, 5) is 6.14. The summed E-state index contributed by atoms with van der Waals surface area (Å²) in [5.41, 5.74) is 5.82. The Hall–Kier alpha value is -0.680. The Morgan fingerprint density at radius 1 is 1.50 bits per heavy atom. The Kier molecular flexibility index (Phi) is 4.56. The van der Waals surface area contributed by atoms with Gasteiger partial charge >= 0.3 is 0 Å². The lowest BCUT2D eigenvalue weighted by molar-refractivity contribution is 0.304. The van der Waals surface area contributed by atoms with Gasteiger partial charge in [0.2, 0.25) is 0 Å². The zero-order valence-corrected chi connectivity index (χ0v) is 12.2. The van der Waals surface area contributed by atoms with Gasteiger partial charge in [0.1, 0.15) is 0 Å². The van der Waals surface area contributed by atoms with Crippen LogP contribution in [0.2, 0.25) is 0 Å². The topological polar surface area (TPSA) is 42.2 Å². The summed E-state index contributed by atoms with van der Waals surface area (Å²) >= 11 is 3.23. The molecule has 0 aliphatic heterocycles. The van der Waals surface area contributed by atoms with Crippen molar-refractivity contribution >= 4 is 21.7 Å². The molecule has 5 heteroatoms. The fourth-order valence-electron chi connectivity index (χ4n) is 2.80. The molecule has 1 fully saturated rings. The molecule has 0 amide bonds. The van der Waals surface area contributed by atoms with E-state index in [-0.39, 0.29) is 5.82 Å². The maximum atomic E-state index is 13.9. The smallest absolute Gasteiger partial charge is 0.166 e. The predicted octanol–water partition coefficient (Wildman–Crippen LogP) is 2.94. The number of nitrogens with zero attached hydrogens (tertiary/aromatic N) is 2. The molecule has 0 spiro atoms. The first-order chi connectivity index (χ1) is 8.63. The van der Waals surface area contributed by atoms with Crippen molar-refractivity contribution in [2.24, 2.45) is 11.7 Å². The lowest BCUT2D eigenvalue weighted by Crippen LogP contribution is -2.43. The number of halogens is 2. The molecule has 18 heavy (non-hydrogen) atoms. The zero-order valence-electron chi connectivity index (χ0n) is 10.6. The first-order valence-corrected chi connectivity index (χ1v) is 7.16. The third-order valence-corrected chi connectivity index (χ3v) is 4.23. The zero-order chi connectivity index (χ0) is 13.1. The highest BCUT2D eigenvalue weighted by atomic mass is 79.9. The molecule has 0 bridgehead atoms. The van der Waals surface area contributed by atoms with E-state index in [9.17, 15) is 4.39 Å². The minimum absolute atomic E-state index is 0.284. The Morgan fingerprint density at radius 3 is 2.89 bits per heavy atom. The largest absolute Gasteiger partial charge is 0.354 e. The van der Waals surface area contributed by atoms with Crippen LogP contribution in [-0.4, -0.2) is 24.6 Å². The third kappa shape index (κ3) is 2.83. The normalized spacial score (nSPS) is 24.0. The second-order valence-electron chi connectivity index (χ2n) is 4.92. The number of aromatic nitrogens is 1. The predicted molar refractivity (Wildman–Crippen MR) is 75.1 cm³/mol. The van der Waals surface area contributed by atoms with Gasteiger partial charge in [-0.1, -0.05) is 12.8 Å². The van der Waals surface area contributed by atoms with E-state index < -0.39 is 0 Å². The summed E-state index contributed by atoms with van der Waals surface area (Å²) in [7, 11) is 1.91. The van der Waals surface area contributed by atoms with Crippen molar-refractivity contribution < 1.29 is 4.39 Å². The molecular formula is C13H19BrFN3. The average molecular weight is 316 g/mol. The van der Waals surface area contributed by atoms with Crippen LogP contribution in [0.4, 0.5) is 10.2 Å². The maximum absolute atomic E-state index is 13.9. The quantitative estimate of drug-likeness (QED) is 0.932. The highest BCUT2D eigenvalue weighted by molar-refractivity contribution is 9.10. The summed E-state index contributed by atoms with van der Waals surface area (Å²) in [6.07, 6.45) is 6.24. The van der Waals surface area contributed by atoms with E-state index in [2.05, 4.69) is 20.9 Å². The van der Waals surface area contributed by atoms with Gasteiger partial charge in [-0.05, 0) is 47.3 Å². The van der Waals surface area contributed by atoms with Crippen molar-refractivity contribution in [1.29, 1.82) is 0 Å². The standard InChI is InChI=1S/C13H19BrFN3/c1-18(12-5-3-2-4-9(12)7-16)13-11(15)6-10(14)8-17-13/h6,8-9,12H,2-5,7,16H2,1H3. The van der Waals surface area contributed by atoms with Crippen LogP contribution in [0.15, 0.2) is 16.7 Å². The van der Waals surface area contributed by atoms with E-state index in [1.807, 2.05) is 11.9 Å². The SMILES string of the molecule is CN(c1ncc(Br)cc1F)C1CCCCC1CN. The Bertz CT molecular complexity index is 413. The summed E-state index contributed by atoms with van der Waals surface area (Å²) in [5.74, 6) is 0.574. The van der Waals surface area contributed by atoms with Gasteiger partial charge in [0.05, 0.1) is 0 Å². The van der Waals surface area contributed by atoms with E-state index >= 15 is 0 Å². The summed E-state index contributed by atoms with van der Waals surface area (Å²) in [5, 5.41) is 0. The van der Waals surface area contributed by atoms with Gasteiger partial charge < -0.3 is 10.6 Å². The molecule has 2 N–H and O–H groups in total. The van der Waals surface area contributed by atoms with Gasteiger partial charge in [0.25, 0.3) is 0 Å². The van der Waals surface area contributed by atoms with Crippen LogP contribution < -0.4 is 10.6 Å². The molecule has 1 saturated carbocycles. The van der Waals surface area contributed by atoms with Crippen LogP contribution >= 0.6 is 15.9 Å². The third-order valence-electron chi connectivity index (χ3n) is 3.79. The Labute approximate surface area is 116 Å². The number of anilines is 1. The summed E-state index contributed by atoms with van der Waals surface area (Å²) < 4.78 is 14.6. The van der Waals surface area contributed by atoms with Crippen LogP contribution in [0.1, 0.15) is 25.7 Å². The fraction of sp³-hybridized carbons (Fsp3) is 0.615. The Balaban J connectivity index is 2.20. The lowest BCUT2D eigenvalue weighted by Gasteiger charge is -2.38. The fourth-order valence-corrected chi connectivity index (χ4v) is 3.10. The molecule has 0 saturated heterocycles. The molecular weight excluding hydrogens is 297 g/mol. The first kappa shape index (κ1) is 13.7. The van der Waals surface area contributed by atoms with Crippen LogP contribution in [-0.2, 0) is 0 Å². The number of nitrogens with two attached hydrogens (primary N) is 1. The molecule has 0 aromatic carbocycles. The maximum Gasteiger partial charge on any atom is 0.166 e. The van der Waals surface area contributed by atoms with Crippen molar-refractivity contribution in [2.45, 2.75) is 31.7 Å². The molecule has 1 aliphatic rings.